The molecule has 0 atom stereocenters. The van der Waals surface area contributed by atoms with Crippen molar-refractivity contribution in [3.8, 4) is 0 Å². The summed E-state index contributed by atoms with van der Waals surface area (Å²) in [5, 5.41) is 1.17. The molecule has 0 aliphatic heterocycles. The van der Waals surface area contributed by atoms with Crippen molar-refractivity contribution >= 4 is 11.0 Å². The summed E-state index contributed by atoms with van der Waals surface area (Å²) in [5.41, 5.74) is 5.71. The maximum Gasteiger partial charge on any atom is 0.141 e. The number of aromatic nitrogens is 3. The fourth-order valence-electron chi connectivity index (χ4n) is 2.29. The van der Waals surface area contributed by atoms with Crippen LogP contribution in [0.4, 0.5) is 0 Å². The molecule has 0 spiro atoms. The van der Waals surface area contributed by atoms with Gasteiger partial charge in [-0.15, -0.1) is 0 Å². The van der Waals surface area contributed by atoms with Gasteiger partial charge in [-0.2, -0.15) is 0 Å². The van der Waals surface area contributed by atoms with E-state index >= 15 is 0 Å². The maximum atomic E-state index is 4.45. The van der Waals surface area contributed by atoms with E-state index in [-0.39, 0.29) is 0 Å². The number of H-pyrrole nitrogens is 1. The van der Waals surface area contributed by atoms with E-state index in [2.05, 4.69) is 53.1 Å². The molecule has 18 heavy (non-hydrogen) atoms. The topological polar surface area (TPSA) is 41.6 Å². The van der Waals surface area contributed by atoms with Gasteiger partial charge >= 0.3 is 0 Å². The summed E-state index contributed by atoms with van der Waals surface area (Å²) in [7, 11) is 0. The van der Waals surface area contributed by atoms with E-state index in [1.54, 1.807) is 6.33 Å². The van der Waals surface area contributed by atoms with E-state index in [0.29, 0.717) is 0 Å². The molecule has 3 heteroatoms. The fraction of sp³-hybridized carbons (Fsp3) is 0.200. The summed E-state index contributed by atoms with van der Waals surface area (Å²) >= 11 is 0. The van der Waals surface area contributed by atoms with Gasteiger partial charge < -0.3 is 4.98 Å². The summed E-state index contributed by atoms with van der Waals surface area (Å²) in [6.45, 7) is 4.19. The van der Waals surface area contributed by atoms with E-state index < -0.39 is 0 Å². The number of benzene rings is 1. The predicted octanol–water partition coefficient (Wildman–Crippen LogP) is 3.17. The third-order valence-corrected chi connectivity index (χ3v) is 3.38. The van der Waals surface area contributed by atoms with Crippen molar-refractivity contribution in [2.24, 2.45) is 0 Å². The Morgan fingerprint density at radius 1 is 1.06 bits per heavy atom. The minimum absolute atomic E-state index is 0.845. The van der Waals surface area contributed by atoms with Crippen LogP contribution >= 0.6 is 0 Å². The van der Waals surface area contributed by atoms with E-state index in [1.807, 2.05) is 6.07 Å². The first-order valence-corrected chi connectivity index (χ1v) is 6.08. The van der Waals surface area contributed by atoms with Crippen LogP contribution in [0, 0.1) is 13.8 Å². The molecule has 3 rings (SSSR count). The molecule has 0 saturated heterocycles. The van der Waals surface area contributed by atoms with Gasteiger partial charge in [0.15, 0.2) is 0 Å². The van der Waals surface area contributed by atoms with E-state index in [1.165, 1.54) is 22.2 Å². The van der Waals surface area contributed by atoms with Gasteiger partial charge in [0.25, 0.3) is 0 Å². The molecule has 0 aliphatic rings. The van der Waals surface area contributed by atoms with Gasteiger partial charge in [-0.1, -0.05) is 30.3 Å². The SMILES string of the molecule is Cc1[nH]c2ncnc(Cc3ccccc3)c2c1C. The molecular weight excluding hydrogens is 222 g/mol. The Hall–Kier alpha value is -2.16. The van der Waals surface area contributed by atoms with Crippen LogP contribution in [0.15, 0.2) is 36.7 Å². The smallest absolute Gasteiger partial charge is 0.141 e. The second-order valence-corrected chi connectivity index (χ2v) is 4.58. The average molecular weight is 237 g/mol. The van der Waals surface area contributed by atoms with Gasteiger partial charge in [0.1, 0.15) is 12.0 Å². The number of aryl methyl sites for hydroxylation is 2. The zero-order valence-electron chi connectivity index (χ0n) is 10.6. The van der Waals surface area contributed by atoms with Crippen LogP contribution < -0.4 is 0 Å². The first-order chi connectivity index (χ1) is 8.75. The van der Waals surface area contributed by atoms with Crippen molar-refractivity contribution in [1.29, 1.82) is 0 Å². The first-order valence-electron chi connectivity index (χ1n) is 6.08. The molecule has 2 heterocycles. The van der Waals surface area contributed by atoms with Crippen LogP contribution in [0.1, 0.15) is 22.5 Å². The van der Waals surface area contributed by atoms with Crippen molar-refractivity contribution in [3.05, 3.63) is 59.2 Å². The quantitative estimate of drug-likeness (QED) is 0.743. The van der Waals surface area contributed by atoms with Crippen LogP contribution in [-0.2, 0) is 6.42 Å². The molecule has 0 saturated carbocycles. The number of fused-ring (bicyclic) bond motifs is 1. The molecule has 1 N–H and O–H groups in total. The van der Waals surface area contributed by atoms with Crippen LogP contribution in [0.5, 0.6) is 0 Å². The minimum Gasteiger partial charge on any atom is -0.343 e. The second-order valence-electron chi connectivity index (χ2n) is 4.58. The van der Waals surface area contributed by atoms with Crippen LogP contribution in [0.2, 0.25) is 0 Å². The fourth-order valence-corrected chi connectivity index (χ4v) is 2.29. The lowest BCUT2D eigenvalue weighted by molar-refractivity contribution is 1.06. The van der Waals surface area contributed by atoms with Crippen LogP contribution in [0.25, 0.3) is 11.0 Å². The molecule has 0 amide bonds. The Kier molecular flexibility index (Phi) is 2.59. The number of nitrogens with one attached hydrogen (secondary N) is 1. The molecule has 0 unspecified atom stereocenters. The molecule has 1 aromatic carbocycles. The minimum atomic E-state index is 0.845. The average Bonchev–Trinajstić information content (AvgIpc) is 2.67. The number of hydrogen-bond acceptors (Lipinski definition) is 2. The second kappa shape index (κ2) is 4.26. The van der Waals surface area contributed by atoms with E-state index in [4.69, 9.17) is 0 Å². The van der Waals surface area contributed by atoms with Gasteiger partial charge in [0.2, 0.25) is 0 Å². The lowest BCUT2D eigenvalue weighted by Gasteiger charge is -2.03. The van der Waals surface area contributed by atoms with Crippen molar-refractivity contribution in [3.63, 3.8) is 0 Å². The normalized spacial score (nSPS) is 11.0. The molecule has 0 bridgehead atoms. The molecule has 0 radical (unpaired) electrons. The highest BCUT2D eigenvalue weighted by Crippen LogP contribution is 2.23. The van der Waals surface area contributed by atoms with Gasteiger partial charge in [-0.25, -0.2) is 9.97 Å². The summed E-state index contributed by atoms with van der Waals surface area (Å²) in [5.74, 6) is 0. The highest BCUT2D eigenvalue weighted by atomic mass is 14.9. The van der Waals surface area contributed by atoms with Crippen molar-refractivity contribution in [2.45, 2.75) is 20.3 Å². The number of hydrogen-bond donors (Lipinski definition) is 1. The Labute approximate surface area is 106 Å². The molecule has 0 fully saturated rings. The summed E-state index contributed by atoms with van der Waals surface area (Å²) in [6, 6.07) is 10.4. The standard InChI is InChI=1S/C15H15N3/c1-10-11(2)18-15-14(10)13(16-9-17-15)8-12-6-4-3-5-7-12/h3-7,9H,8H2,1-2H3,(H,16,17,18). The summed E-state index contributed by atoms with van der Waals surface area (Å²) in [6.07, 6.45) is 2.48. The van der Waals surface area contributed by atoms with Crippen molar-refractivity contribution in [1.82, 2.24) is 15.0 Å². The number of nitrogens with zero attached hydrogens (tertiary/aromatic N) is 2. The molecular formula is C15H15N3. The largest absolute Gasteiger partial charge is 0.343 e. The third kappa shape index (κ3) is 1.78. The lowest BCUT2D eigenvalue weighted by Crippen LogP contribution is -1.95. The third-order valence-electron chi connectivity index (χ3n) is 3.38. The predicted molar refractivity (Wildman–Crippen MR) is 72.6 cm³/mol. The maximum absolute atomic E-state index is 4.45. The van der Waals surface area contributed by atoms with Gasteiger partial charge in [0.05, 0.1) is 5.69 Å². The Balaban J connectivity index is 2.12. The van der Waals surface area contributed by atoms with Gasteiger partial charge in [0, 0.05) is 17.5 Å². The summed E-state index contributed by atoms with van der Waals surface area (Å²) in [4.78, 5) is 12.0. The van der Waals surface area contributed by atoms with Gasteiger partial charge in [-0.05, 0) is 25.0 Å². The van der Waals surface area contributed by atoms with E-state index in [0.717, 1.165) is 17.8 Å². The molecule has 0 aliphatic carbocycles. The molecule has 2 aromatic heterocycles. The zero-order valence-corrected chi connectivity index (χ0v) is 10.6. The monoisotopic (exact) mass is 237 g/mol. The molecule has 90 valence electrons. The molecule has 3 aromatic rings. The number of aromatic amines is 1. The summed E-state index contributed by atoms with van der Waals surface area (Å²) < 4.78 is 0. The Morgan fingerprint density at radius 2 is 1.83 bits per heavy atom. The van der Waals surface area contributed by atoms with Crippen molar-refractivity contribution in [2.75, 3.05) is 0 Å². The highest BCUT2D eigenvalue weighted by molar-refractivity contribution is 5.83. The number of rotatable bonds is 2. The van der Waals surface area contributed by atoms with Crippen LogP contribution in [-0.4, -0.2) is 15.0 Å². The lowest BCUT2D eigenvalue weighted by atomic mass is 10.1. The zero-order chi connectivity index (χ0) is 12.5. The first kappa shape index (κ1) is 11.0. The Bertz CT molecular complexity index is 684. The Morgan fingerprint density at radius 3 is 2.61 bits per heavy atom. The van der Waals surface area contributed by atoms with Gasteiger partial charge in [-0.3, -0.25) is 0 Å². The van der Waals surface area contributed by atoms with E-state index in [9.17, 15) is 0 Å². The van der Waals surface area contributed by atoms with Crippen molar-refractivity contribution < 1.29 is 0 Å². The molecule has 3 nitrogen and oxygen atoms in total. The van der Waals surface area contributed by atoms with Crippen LogP contribution in [0.3, 0.4) is 0 Å². The highest BCUT2D eigenvalue weighted by Gasteiger charge is 2.11.